The van der Waals surface area contributed by atoms with Crippen LogP contribution in [0.3, 0.4) is 0 Å². The normalized spacial score (nSPS) is 10.5. The van der Waals surface area contributed by atoms with E-state index in [1.54, 1.807) is 49.7 Å². The summed E-state index contributed by atoms with van der Waals surface area (Å²) in [6, 6.07) is 20.3. The summed E-state index contributed by atoms with van der Waals surface area (Å²) in [6.07, 6.45) is 1.66. The van der Waals surface area contributed by atoms with Crippen LogP contribution in [-0.4, -0.2) is 32.7 Å². The smallest absolute Gasteiger partial charge is 0.270 e. The summed E-state index contributed by atoms with van der Waals surface area (Å²) < 4.78 is 6.66. The number of nitrogens with one attached hydrogen (secondary N) is 1. The van der Waals surface area contributed by atoms with E-state index in [2.05, 4.69) is 15.4 Å². The van der Waals surface area contributed by atoms with Crippen molar-refractivity contribution < 1.29 is 14.5 Å². The predicted molar refractivity (Wildman–Crippen MR) is 118 cm³/mol. The number of non-ortho nitro benzene ring substituents is 1. The molecule has 160 valence electrons. The van der Waals surface area contributed by atoms with Gasteiger partial charge >= 0.3 is 0 Å². The Morgan fingerprint density at radius 1 is 1.09 bits per heavy atom. The molecule has 0 aliphatic carbocycles. The van der Waals surface area contributed by atoms with E-state index in [0.29, 0.717) is 22.8 Å². The number of hydrogen-bond acceptors (Lipinski definition) is 6. The van der Waals surface area contributed by atoms with Gasteiger partial charge in [-0.2, -0.15) is 5.10 Å². The summed E-state index contributed by atoms with van der Waals surface area (Å²) in [5.41, 5.74) is 2.87. The third kappa shape index (κ3) is 4.46. The largest absolute Gasteiger partial charge is 0.497 e. The molecule has 2 aromatic heterocycles. The highest BCUT2D eigenvalue weighted by Crippen LogP contribution is 2.25. The van der Waals surface area contributed by atoms with Crippen LogP contribution in [0.2, 0.25) is 0 Å². The molecule has 0 fully saturated rings. The summed E-state index contributed by atoms with van der Waals surface area (Å²) >= 11 is 0. The molecule has 4 rings (SSSR count). The Hall–Kier alpha value is -4.53. The first-order chi connectivity index (χ1) is 15.5. The van der Waals surface area contributed by atoms with Crippen molar-refractivity contribution in [3.63, 3.8) is 0 Å². The summed E-state index contributed by atoms with van der Waals surface area (Å²) in [6.45, 7) is 0.253. The maximum atomic E-state index is 13.0. The minimum Gasteiger partial charge on any atom is -0.497 e. The average Bonchev–Trinajstić information content (AvgIpc) is 3.29. The SMILES string of the molecule is COc1ccc(-c2cc(C(=O)NCc3ccccn3)n(-c3ccc([N+](=O)[O-])cc3)n2)cc1. The molecule has 0 bridgehead atoms. The lowest BCUT2D eigenvalue weighted by Gasteiger charge is -2.08. The van der Waals surface area contributed by atoms with Gasteiger partial charge in [-0.3, -0.25) is 19.9 Å². The Labute approximate surface area is 183 Å². The van der Waals surface area contributed by atoms with Gasteiger partial charge in [-0.25, -0.2) is 4.68 Å². The van der Waals surface area contributed by atoms with E-state index in [-0.39, 0.29) is 18.1 Å². The molecule has 0 radical (unpaired) electrons. The van der Waals surface area contributed by atoms with E-state index < -0.39 is 4.92 Å². The first-order valence-electron chi connectivity index (χ1n) is 9.72. The standard InChI is InChI=1S/C23H19N5O4/c1-32-20-11-5-16(6-12-20)21-14-22(23(29)25-15-17-4-2-3-13-24-17)27(26-21)18-7-9-19(10-8-18)28(30)31/h2-14H,15H2,1H3,(H,25,29). The maximum Gasteiger partial charge on any atom is 0.270 e. The van der Waals surface area contributed by atoms with Crippen LogP contribution in [0, 0.1) is 10.1 Å². The zero-order chi connectivity index (χ0) is 22.5. The van der Waals surface area contributed by atoms with Crippen molar-refractivity contribution in [1.82, 2.24) is 20.1 Å². The van der Waals surface area contributed by atoms with Crippen molar-refractivity contribution in [1.29, 1.82) is 0 Å². The van der Waals surface area contributed by atoms with Gasteiger partial charge < -0.3 is 10.1 Å². The molecule has 32 heavy (non-hydrogen) atoms. The molecule has 1 amide bonds. The molecule has 0 unspecified atom stereocenters. The Kier molecular flexibility index (Phi) is 5.89. The van der Waals surface area contributed by atoms with Gasteiger partial charge in [0.25, 0.3) is 11.6 Å². The van der Waals surface area contributed by atoms with Crippen LogP contribution in [0.4, 0.5) is 5.69 Å². The van der Waals surface area contributed by atoms with Crippen LogP contribution in [-0.2, 0) is 6.54 Å². The molecule has 0 aliphatic rings. The number of methoxy groups -OCH3 is 1. The number of benzene rings is 2. The lowest BCUT2D eigenvalue weighted by Crippen LogP contribution is -2.25. The number of nitrogens with zero attached hydrogens (tertiary/aromatic N) is 4. The number of carbonyl (C=O) groups excluding carboxylic acids is 1. The van der Waals surface area contributed by atoms with E-state index in [9.17, 15) is 14.9 Å². The topological polar surface area (TPSA) is 112 Å². The van der Waals surface area contributed by atoms with E-state index in [0.717, 1.165) is 11.3 Å². The second-order valence-corrected chi connectivity index (χ2v) is 6.83. The average molecular weight is 429 g/mol. The second kappa shape index (κ2) is 9.09. The lowest BCUT2D eigenvalue weighted by atomic mass is 10.1. The fraction of sp³-hybridized carbons (Fsp3) is 0.0870. The minimum absolute atomic E-state index is 0.0440. The molecule has 2 heterocycles. The number of amides is 1. The quantitative estimate of drug-likeness (QED) is 0.353. The molecule has 0 atom stereocenters. The second-order valence-electron chi connectivity index (χ2n) is 6.83. The van der Waals surface area contributed by atoms with E-state index in [1.807, 2.05) is 24.3 Å². The first kappa shape index (κ1) is 20.7. The van der Waals surface area contributed by atoms with Crippen LogP contribution in [0.1, 0.15) is 16.2 Å². The Morgan fingerprint density at radius 2 is 1.84 bits per heavy atom. The van der Waals surface area contributed by atoms with Gasteiger partial charge in [0.1, 0.15) is 11.4 Å². The molecular formula is C23H19N5O4. The maximum absolute atomic E-state index is 13.0. The number of nitro benzene ring substituents is 1. The third-order valence-electron chi connectivity index (χ3n) is 4.79. The van der Waals surface area contributed by atoms with Gasteiger partial charge in [0.15, 0.2) is 0 Å². The van der Waals surface area contributed by atoms with Crippen LogP contribution in [0.5, 0.6) is 5.75 Å². The molecule has 0 saturated carbocycles. The van der Waals surface area contributed by atoms with Crippen molar-refractivity contribution in [2.75, 3.05) is 7.11 Å². The van der Waals surface area contributed by atoms with Crippen molar-refractivity contribution in [2.45, 2.75) is 6.54 Å². The van der Waals surface area contributed by atoms with Gasteiger partial charge in [0.05, 0.1) is 35.7 Å². The third-order valence-corrected chi connectivity index (χ3v) is 4.79. The van der Waals surface area contributed by atoms with Gasteiger partial charge in [0, 0.05) is 23.9 Å². The number of aromatic nitrogens is 3. The van der Waals surface area contributed by atoms with Crippen LogP contribution >= 0.6 is 0 Å². The molecule has 9 heteroatoms. The monoisotopic (exact) mass is 429 g/mol. The zero-order valence-corrected chi connectivity index (χ0v) is 17.1. The van der Waals surface area contributed by atoms with E-state index in [4.69, 9.17) is 4.74 Å². The number of hydrogen-bond donors (Lipinski definition) is 1. The highest BCUT2D eigenvalue weighted by molar-refractivity contribution is 5.94. The highest BCUT2D eigenvalue weighted by Gasteiger charge is 2.18. The lowest BCUT2D eigenvalue weighted by molar-refractivity contribution is -0.384. The number of pyridine rings is 1. The van der Waals surface area contributed by atoms with E-state index in [1.165, 1.54) is 16.8 Å². The molecular weight excluding hydrogens is 410 g/mol. The number of ether oxygens (including phenoxy) is 1. The fourth-order valence-electron chi connectivity index (χ4n) is 3.12. The summed E-state index contributed by atoms with van der Waals surface area (Å²) in [5.74, 6) is 0.359. The van der Waals surface area contributed by atoms with Crippen molar-refractivity contribution >= 4 is 11.6 Å². The Morgan fingerprint density at radius 3 is 2.47 bits per heavy atom. The Balaban J connectivity index is 1.69. The van der Waals surface area contributed by atoms with Crippen molar-refractivity contribution in [3.05, 3.63) is 100 Å². The number of carbonyl (C=O) groups is 1. The molecule has 0 aliphatic heterocycles. The van der Waals surface area contributed by atoms with Crippen LogP contribution in [0.25, 0.3) is 16.9 Å². The first-order valence-corrected chi connectivity index (χ1v) is 9.72. The summed E-state index contributed by atoms with van der Waals surface area (Å²) in [5, 5.41) is 18.4. The molecule has 1 N–H and O–H groups in total. The van der Waals surface area contributed by atoms with Gasteiger partial charge in [-0.15, -0.1) is 0 Å². The molecule has 9 nitrogen and oxygen atoms in total. The summed E-state index contributed by atoms with van der Waals surface area (Å²) in [7, 11) is 1.59. The Bertz CT molecular complexity index is 1240. The molecule has 4 aromatic rings. The fourth-order valence-corrected chi connectivity index (χ4v) is 3.12. The molecule has 0 spiro atoms. The molecule has 2 aromatic carbocycles. The van der Waals surface area contributed by atoms with Crippen molar-refractivity contribution in [2.24, 2.45) is 0 Å². The van der Waals surface area contributed by atoms with Gasteiger partial charge in [0.2, 0.25) is 0 Å². The van der Waals surface area contributed by atoms with E-state index >= 15 is 0 Å². The highest BCUT2D eigenvalue weighted by atomic mass is 16.6. The van der Waals surface area contributed by atoms with Gasteiger partial charge in [-0.1, -0.05) is 6.07 Å². The van der Waals surface area contributed by atoms with Crippen molar-refractivity contribution in [3.8, 4) is 22.7 Å². The predicted octanol–water partition coefficient (Wildman–Crippen LogP) is 3.78. The van der Waals surface area contributed by atoms with Gasteiger partial charge in [-0.05, 0) is 54.6 Å². The van der Waals surface area contributed by atoms with Crippen LogP contribution in [0.15, 0.2) is 79.0 Å². The molecule has 0 saturated heterocycles. The number of rotatable bonds is 7. The number of nitro groups is 1. The van der Waals surface area contributed by atoms with Crippen LogP contribution < -0.4 is 10.1 Å². The summed E-state index contributed by atoms with van der Waals surface area (Å²) in [4.78, 5) is 27.7. The zero-order valence-electron chi connectivity index (χ0n) is 17.1. The minimum atomic E-state index is -0.476.